The van der Waals surface area contributed by atoms with Crippen molar-refractivity contribution in [2.75, 3.05) is 25.6 Å². The second-order valence-corrected chi connectivity index (χ2v) is 4.67. The Morgan fingerprint density at radius 3 is 3.15 bits per heavy atom. The number of ether oxygens (including phenoxy) is 4. The molecule has 0 radical (unpaired) electrons. The zero-order valence-electron chi connectivity index (χ0n) is 10.9. The lowest BCUT2D eigenvalue weighted by Crippen LogP contribution is -2.29. The minimum Gasteiger partial charge on any atom is -0.383 e. The van der Waals surface area contributed by atoms with Crippen molar-refractivity contribution in [2.45, 2.75) is 31.6 Å². The summed E-state index contributed by atoms with van der Waals surface area (Å²) in [5.74, 6) is 0.184. The van der Waals surface area contributed by atoms with Crippen molar-refractivity contribution in [1.29, 1.82) is 0 Å². The Morgan fingerprint density at radius 1 is 1.50 bits per heavy atom. The van der Waals surface area contributed by atoms with Crippen LogP contribution < -0.4 is 11.4 Å². The van der Waals surface area contributed by atoms with Crippen molar-refractivity contribution in [1.82, 2.24) is 9.55 Å². The lowest BCUT2D eigenvalue weighted by atomic mass is 10.4. The van der Waals surface area contributed by atoms with Crippen molar-refractivity contribution in [3.8, 4) is 0 Å². The van der Waals surface area contributed by atoms with Crippen LogP contribution in [0.15, 0.2) is 17.1 Å². The molecular weight excluding hydrogens is 266 g/mol. The van der Waals surface area contributed by atoms with E-state index >= 15 is 0 Å². The van der Waals surface area contributed by atoms with E-state index in [1.165, 1.54) is 4.57 Å². The van der Waals surface area contributed by atoms with E-state index in [-0.39, 0.29) is 25.3 Å². The molecule has 1 unspecified atom stereocenters. The predicted molar refractivity (Wildman–Crippen MR) is 67.7 cm³/mol. The van der Waals surface area contributed by atoms with E-state index in [2.05, 4.69) is 4.98 Å². The van der Waals surface area contributed by atoms with Gasteiger partial charge in [-0.25, -0.2) is 4.79 Å². The Balaban J connectivity index is 1.54. The van der Waals surface area contributed by atoms with E-state index in [1.807, 2.05) is 0 Å². The van der Waals surface area contributed by atoms with E-state index in [9.17, 15) is 4.79 Å². The molecule has 2 saturated heterocycles. The highest BCUT2D eigenvalue weighted by Gasteiger charge is 2.29. The Bertz CT molecular complexity index is 514. The molecule has 8 heteroatoms. The van der Waals surface area contributed by atoms with Crippen LogP contribution in [0.1, 0.15) is 19.1 Å². The Kier molecular flexibility index (Phi) is 3.97. The Hall–Kier alpha value is -1.48. The zero-order valence-corrected chi connectivity index (χ0v) is 10.9. The average molecular weight is 283 g/mol. The van der Waals surface area contributed by atoms with Crippen LogP contribution in [0, 0.1) is 0 Å². The fourth-order valence-electron chi connectivity index (χ4n) is 2.19. The summed E-state index contributed by atoms with van der Waals surface area (Å²) in [6.07, 6.45) is 2.25. The molecule has 2 N–H and O–H groups in total. The van der Waals surface area contributed by atoms with Gasteiger partial charge in [-0.15, -0.1) is 0 Å². The number of nitrogen functional groups attached to an aromatic ring is 1. The molecule has 2 aliphatic rings. The number of hydrogen-bond acceptors (Lipinski definition) is 7. The van der Waals surface area contributed by atoms with Gasteiger partial charge in [-0.3, -0.25) is 4.57 Å². The SMILES string of the molecule is Nc1ccn([C@@H]2CO[C@H](COC3CCCO3)O2)c(=O)n1. The van der Waals surface area contributed by atoms with Gasteiger partial charge in [0.25, 0.3) is 0 Å². The fraction of sp³-hybridized carbons (Fsp3) is 0.667. The van der Waals surface area contributed by atoms with E-state index in [1.54, 1.807) is 12.3 Å². The fourth-order valence-corrected chi connectivity index (χ4v) is 2.19. The van der Waals surface area contributed by atoms with Crippen LogP contribution in [0.4, 0.5) is 5.82 Å². The van der Waals surface area contributed by atoms with Crippen molar-refractivity contribution in [3.05, 3.63) is 22.7 Å². The van der Waals surface area contributed by atoms with Crippen LogP contribution in [0.2, 0.25) is 0 Å². The first-order chi connectivity index (χ1) is 9.72. The summed E-state index contributed by atoms with van der Waals surface area (Å²) in [5.41, 5.74) is 4.98. The van der Waals surface area contributed by atoms with E-state index in [4.69, 9.17) is 24.7 Å². The summed E-state index contributed by atoms with van der Waals surface area (Å²) in [5, 5.41) is 0. The number of rotatable bonds is 4. The molecule has 0 spiro atoms. The third-order valence-corrected chi connectivity index (χ3v) is 3.20. The summed E-state index contributed by atoms with van der Waals surface area (Å²) < 4.78 is 23.3. The molecule has 0 saturated carbocycles. The van der Waals surface area contributed by atoms with Gasteiger partial charge in [0, 0.05) is 19.2 Å². The normalized spacial score (nSPS) is 29.9. The molecule has 1 aromatic rings. The molecular formula is C12H17N3O5. The summed E-state index contributed by atoms with van der Waals surface area (Å²) in [6, 6.07) is 1.54. The number of aromatic nitrogens is 2. The highest BCUT2D eigenvalue weighted by molar-refractivity contribution is 5.23. The van der Waals surface area contributed by atoms with Crippen molar-refractivity contribution < 1.29 is 18.9 Å². The summed E-state index contributed by atoms with van der Waals surface area (Å²) in [7, 11) is 0. The number of nitrogens with zero attached hydrogens (tertiary/aromatic N) is 2. The Labute approximate surface area is 115 Å². The smallest absolute Gasteiger partial charge is 0.351 e. The molecule has 3 rings (SSSR count). The molecule has 0 bridgehead atoms. The minimum atomic E-state index is -0.506. The van der Waals surface area contributed by atoms with Gasteiger partial charge < -0.3 is 24.7 Å². The Morgan fingerprint density at radius 2 is 2.40 bits per heavy atom. The molecule has 110 valence electrons. The second kappa shape index (κ2) is 5.88. The molecule has 0 aromatic carbocycles. The monoisotopic (exact) mass is 283 g/mol. The van der Waals surface area contributed by atoms with Crippen LogP contribution in [0.3, 0.4) is 0 Å². The molecule has 2 aliphatic heterocycles. The maximum absolute atomic E-state index is 11.7. The first kappa shape index (κ1) is 13.5. The average Bonchev–Trinajstić information content (AvgIpc) is 3.07. The predicted octanol–water partition coefficient (Wildman–Crippen LogP) is -0.150. The van der Waals surface area contributed by atoms with Crippen LogP contribution >= 0.6 is 0 Å². The zero-order chi connectivity index (χ0) is 13.9. The first-order valence-electron chi connectivity index (χ1n) is 6.57. The van der Waals surface area contributed by atoms with Gasteiger partial charge in [0.15, 0.2) is 18.8 Å². The van der Waals surface area contributed by atoms with Gasteiger partial charge >= 0.3 is 5.69 Å². The minimum absolute atomic E-state index is 0.179. The molecule has 1 aromatic heterocycles. The van der Waals surface area contributed by atoms with Gasteiger partial charge in [0.05, 0.1) is 6.61 Å². The van der Waals surface area contributed by atoms with Crippen molar-refractivity contribution in [3.63, 3.8) is 0 Å². The quantitative estimate of drug-likeness (QED) is 0.820. The van der Waals surface area contributed by atoms with E-state index in [0.29, 0.717) is 0 Å². The molecule has 8 nitrogen and oxygen atoms in total. The third kappa shape index (κ3) is 2.98. The second-order valence-electron chi connectivity index (χ2n) is 4.67. The largest absolute Gasteiger partial charge is 0.383 e. The maximum atomic E-state index is 11.7. The number of nitrogens with two attached hydrogens (primary N) is 1. The standard InChI is InChI=1S/C12H17N3O5/c13-8-3-4-15(12(16)14-8)9-6-18-11(20-9)7-19-10-2-1-5-17-10/h3-4,9-11H,1-2,5-7H2,(H2,13,14,16)/t9-,10?,11-/m0/s1. The van der Waals surface area contributed by atoms with Crippen molar-refractivity contribution >= 4 is 5.82 Å². The van der Waals surface area contributed by atoms with Gasteiger partial charge in [0.2, 0.25) is 0 Å². The highest BCUT2D eigenvalue weighted by Crippen LogP contribution is 2.21. The van der Waals surface area contributed by atoms with Crippen molar-refractivity contribution in [2.24, 2.45) is 0 Å². The first-order valence-corrected chi connectivity index (χ1v) is 6.57. The maximum Gasteiger partial charge on any atom is 0.351 e. The van der Waals surface area contributed by atoms with Gasteiger partial charge in [-0.1, -0.05) is 0 Å². The lowest BCUT2D eigenvalue weighted by Gasteiger charge is -2.15. The summed E-state index contributed by atoms with van der Waals surface area (Å²) in [4.78, 5) is 15.3. The topological polar surface area (TPSA) is 97.8 Å². The summed E-state index contributed by atoms with van der Waals surface area (Å²) in [6.45, 7) is 1.27. The van der Waals surface area contributed by atoms with Crippen LogP contribution in [0.25, 0.3) is 0 Å². The molecule has 3 atom stereocenters. The number of anilines is 1. The lowest BCUT2D eigenvalue weighted by molar-refractivity contribution is -0.176. The third-order valence-electron chi connectivity index (χ3n) is 3.20. The summed E-state index contributed by atoms with van der Waals surface area (Å²) >= 11 is 0. The van der Waals surface area contributed by atoms with Crippen LogP contribution in [0.5, 0.6) is 0 Å². The highest BCUT2D eigenvalue weighted by atomic mass is 16.8. The van der Waals surface area contributed by atoms with Crippen LogP contribution in [-0.4, -0.2) is 42.0 Å². The van der Waals surface area contributed by atoms with Crippen LogP contribution in [-0.2, 0) is 18.9 Å². The van der Waals surface area contributed by atoms with E-state index in [0.717, 1.165) is 19.4 Å². The van der Waals surface area contributed by atoms with Gasteiger partial charge in [-0.05, 0) is 12.5 Å². The molecule has 20 heavy (non-hydrogen) atoms. The van der Waals surface area contributed by atoms with Gasteiger partial charge in [-0.2, -0.15) is 4.98 Å². The molecule has 0 amide bonds. The number of hydrogen-bond donors (Lipinski definition) is 1. The molecule has 3 heterocycles. The molecule has 0 aliphatic carbocycles. The molecule has 2 fully saturated rings. The van der Waals surface area contributed by atoms with E-state index < -0.39 is 18.2 Å². The van der Waals surface area contributed by atoms with Gasteiger partial charge in [0.1, 0.15) is 12.4 Å².